The fourth-order valence-corrected chi connectivity index (χ4v) is 3.57. The van der Waals surface area contributed by atoms with E-state index in [1.54, 1.807) is 55.5 Å². The molecule has 1 unspecified atom stereocenters. The summed E-state index contributed by atoms with van der Waals surface area (Å²) in [5, 5.41) is 8.51. The minimum Gasteiger partial charge on any atom is -0.463 e. The van der Waals surface area contributed by atoms with E-state index in [9.17, 15) is 19.2 Å². The molecule has 1 aliphatic rings. The summed E-state index contributed by atoms with van der Waals surface area (Å²) in [4.78, 5) is 49.3. The second-order valence-corrected chi connectivity index (χ2v) is 8.02. The zero-order chi connectivity index (χ0) is 25.2. The third kappa shape index (κ3) is 7.31. The van der Waals surface area contributed by atoms with Crippen molar-refractivity contribution < 1.29 is 28.7 Å². The van der Waals surface area contributed by atoms with Crippen LogP contribution < -0.4 is 16.0 Å². The number of amides is 3. The van der Waals surface area contributed by atoms with Gasteiger partial charge in [-0.25, -0.2) is 9.59 Å². The van der Waals surface area contributed by atoms with Crippen molar-refractivity contribution in [1.82, 2.24) is 16.0 Å². The quantitative estimate of drug-likeness (QED) is 0.340. The van der Waals surface area contributed by atoms with E-state index in [-0.39, 0.29) is 43.4 Å². The monoisotopic (exact) mass is 499 g/mol. The van der Waals surface area contributed by atoms with Crippen molar-refractivity contribution in [3.63, 3.8) is 0 Å². The molecule has 1 heterocycles. The van der Waals surface area contributed by atoms with Crippen LogP contribution in [0.3, 0.4) is 0 Å². The highest BCUT2D eigenvalue weighted by atomic mass is 35.5. The summed E-state index contributed by atoms with van der Waals surface area (Å²) >= 11 is 5.81. The molecule has 3 amide bonds. The van der Waals surface area contributed by atoms with E-state index >= 15 is 0 Å². The zero-order valence-electron chi connectivity index (χ0n) is 19.1. The van der Waals surface area contributed by atoms with Crippen LogP contribution in [0.4, 0.5) is 4.79 Å². The second-order valence-electron chi connectivity index (χ2n) is 7.58. The van der Waals surface area contributed by atoms with Gasteiger partial charge in [-0.3, -0.25) is 9.59 Å². The number of benzene rings is 2. The lowest BCUT2D eigenvalue weighted by molar-refractivity contribution is -0.143. The Labute approximate surface area is 207 Å². The van der Waals surface area contributed by atoms with Crippen LogP contribution in [-0.2, 0) is 19.1 Å². The van der Waals surface area contributed by atoms with Crippen molar-refractivity contribution in [3.8, 4) is 0 Å². The fourth-order valence-electron chi connectivity index (χ4n) is 3.44. The Bertz CT molecular complexity index is 1100. The van der Waals surface area contributed by atoms with Gasteiger partial charge in [0.2, 0.25) is 0 Å². The zero-order valence-corrected chi connectivity index (χ0v) is 19.9. The van der Waals surface area contributed by atoms with Crippen LogP contribution in [0.15, 0.2) is 65.9 Å². The molecule has 2 aromatic rings. The molecule has 1 aliphatic heterocycles. The van der Waals surface area contributed by atoms with Gasteiger partial charge in [0.05, 0.1) is 23.9 Å². The van der Waals surface area contributed by atoms with E-state index in [1.807, 2.05) is 6.07 Å². The number of carbonyl (C=O) groups excluding carboxylic acids is 4. The van der Waals surface area contributed by atoms with E-state index in [1.165, 1.54) is 0 Å². The third-order valence-electron chi connectivity index (χ3n) is 5.11. The molecule has 35 heavy (non-hydrogen) atoms. The normalized spacial score (nSPS) is 15.0. The third-order valence-corrected chi connectivity index (χ3v) is 5.36. The standard InChI is InChI=1S/C25H26ClN3O6/c1-2-34-24(32)21-19(28-25(33)29-22(21)16-7-4-3-5-8-16)15-35-20(30)9-6-14-27-23(31)17-10-12-18(26)13-11-17/h3-5,7-8,10-13,22H,2,6,9,14-15H2,1H3,(H,27,31)(H2,28,29,33). The van der Waals surface area contributed by atoms with Crippen LogP contribution in [0.5, 0.6) is 0 Å². The van der Waals surface area contributed by atoms with E-state index in [4.69, 9.17) is 21.1 Å². The molecule has 3 N–H and O–H groups in total. The minimum atomic E-state index is -0.749. The molecule has 184 valence electrons. The number of hydrogen-bond acceptors (Lipinski definition) is 6. The number of rotatable bonds is 10. The maximum atomic E-state index is 12.7. The van der Waals surface area contributed by atoms with Crippen LogP contribution in [0.25, 0.3) is 0 Å². The van der Waals surface area contributed by atoms with Gasteiger partial charge in [0, 0.05) is 23.6 Å². The summed E-state index contributed by atoms with van der Waals surface area (Å²) in [6.07, 6.45) is 0.389. The molecular weight excluding hydrogens is 474 g/mol. The summed E-state index contributed by atoms with van der Waals surface area (Å²) in [6.45, 7) is 1.79. The summed E-state index contributed by atoms with van der Waals surface area (Å²) in [5.41, 5.74) is 1.47. The highest BCUT2D eigenvalue weighted by Gasteiger charge is 2.34. The molecule has 3 rings (SSSR count). The van der Waals surface area contributed by atoms with Crippen LogP contribution in [0.1, 0.15) is 41.7 Å². The van der Waals surface area contributed by atoms with Gasteiger partial charge in [0.25, 0.3) is 5.91 Å². The van der Waals surface area contributed by atoms with E-state index < -0.39 is 24.0 Å². The largest absolute Gasteiger partial charge is 0.463 e. The first kappa shape index (κ1) is 25.8. The Morgan fingerprint density at radius 2 is 1.74 bits per heavy atom. The van der Waals surface area contributed by atoms with Gasteiger partial charge in [-0.1, -0.05) is 41.9 Å². The maximum Gasteiger partial charge on any atom is 0.338 e. The van der Waals surface area contributed by atoms with Crippen molar-refractivity contribution in [2.24, 2.45) is 0 Å². The molecule has 2 aromatic carbocycles. The Morgan fingerprint density at radius 3 is 2.43 bits per heavy atom. The number of ether oxygens (including phenoxy) is 2. The lowest BCUT2D eigenvalue weighted by atomic mass is 9.95. The molecule has 0 saturated heterocycles. The smallest absolute Gasteiger partial charge is 0.338 e. The molecule has 10 heteroatoms. The first-order valence-corrected chi connectivity index (χ1v) is 11.5. The molecule has 0 fully saturated rings. The lowest BCUT2D eigenvalue weighted by Crippen LogP contribution is -2.47. The predicted octanol–water partition coefficient (Wildman–Crippen LogP) is 3.26. The molecule has 0 aromatic heterocycles. The molecule has 0 radical (unpaired) electrons. The Morgan fingerprint density at radius 1 is 1.03 bits per heavy atom. The average Bonchev–Trinajstić information content (AvgIpc) is 2.86. The first-order valence-electron chi connectivity index (χ1n) is 11.1. The van der Waals surface area contributed by atoms with Gasteiger partial charge in [-0.2, -0.15) is 0 Å². The number of nitrogens with one attached hydrogen (secondary N) is 3. The molecule has 1 atom stereocenters. The molecule has 9 nitrogen and oxygen atoms in total. The Balaban J connectivity index is 1.58. The van der Waals surface area contributed by atoms with Gasteiger partial charge in [-0.05, 0) is 43.2 Å². The van der Waals surface area contributed by atoms with Crippen LogP contribution >= 0.6 is 11.6 Å². The Hall–Kier alpha value is -3.85. The van der Waals surface area contributed by atoms with Gasteiger partial charge in [-0.15, -0.1) is 0 Å². The topological polar surface area (TPSA) is 123 Å². The van der Waals surface area contributed by atoms with Crippen molar-refractivity contribution in [3.05, 3.63) is 82.0 Å². The van der Waals surface area contributed by atoms with E-state index in [2.05, 4.69) is 16.0 Å². The van der Waals surface area contributed by atoms with Crippen molar-refractivity contribution in [2.45, 2.75) is 25.8 Å². The first-order chi connectivity index (χ1) is 16.9. The summed E-state index contributed by atoms with van der Waals surface area (Å²) in [7, 11) is 0. The average molecular weight is 500 g/mol. The number of halogens is 1. The highest BCUT2D eigenvalue weighted by Crippen LogP contribution is 2.27. The van der Waals surface area contributed by atoms with Crippen molar-refractivity contribution >= 4 is 35.5 Å². The van der Waals surface area contributed by atoms with Crippen molar-refractivity contribution in [1.29, 1.82) is 0 Å². The number of urea groups is 1. The SMILES string of the molecule is CCOC(=O)C1=C(COC(=O)CCCNC(=O)c2ccc(Cl)cc2)NC(=O)NC1c1ccccc1. The number of carbonyl (C=O) groups is 4. The summed E-state index contributed by atoms with van der Waals surface area (Å²) < 4.78 is 10.5. The predicted molar refractivity (Wildman–Crippen MR) is 128 cm³/mol. The minimum absolute atomic E-state index is 0.0389. The highest BCUT2D eigenvalue weighted by molar-refractivity contribution is 6.30. The van der Waals surface area contributed by atoms with Crippen LogP contribution in [0.2, 0.25) is 5.02 Å². The van der Waals surface area contributed by atoms with Gasteiger partial charge in [0.1, 0.15) is 6.61 Å². The second kappa shape index (κ2) is 12.6. The molecule has 0 bridgehead atoms. The van der Waals surface area contributed by atoms with Gasteiger partial charge >= 0.3 is 18.0 Å². The molecule has 0 aliphatic carbocycles. The molecule has 0 spiro atoms. The molecule has 0 saturated carbocycles. The van der Waals surface area contributed by atoms with Crippen LogP contribution in [-0.4, -0.2) is 43.6 Å². The van der Waals surface area contributed by atoms with E-state index in [0.717, 1.165) is 0 Å². The summed E-state index contributed by atoms with van der Waals surface area (Å²) in [5.74, 6) is -1.43. The number of esters is 2. The maximum absolute atomic E-state index is 12.7. The van der Waals surface area contributed by atoms with Crippen LogP contribution in [0, 0.1) is 0 Å². The van der Waals surface area contributed by atoms with Crippen molar-refractivity contribution in [2.75, 3.05) is 19.8 Å². The number of hydrogen-bond donors (Lipinski definition) is 3. The lowest BCUT2D eigenvalue weighted by Gasteiger charge is -2.29. The van der Waals surface area contributed by atoms with Gasteiger partial charge < -0.3 is 25.4 Å². The fraction of sp³-hybridized carbons (Fsp3) is 0.280. The van der Waals surface area contributed by atoms with Gasteiger partial charge in [0.15, 0.2) is 0 Å². The summed E-state index contributed by atoms with van der Waals surface area (Å²) in [6, 6.07) is 14.1. The molecular formula is C25H26ClN3O6. The Kier molecular flexibility index (Phi) is 9.25. The van der Waals surface area contributed by atoms with E-state index in [0.29, 0.717) is 22.6 Å².